The van der Waals surface area contributed by atoms with Crippen LogP contribution in [0.2, 0.25) is 0 Å². The molecule has 22 heavy (non-hydrogen) atoms. The van der Waals surface area contributed by atoms with E-state index in [1.165, 1.54) is 48.5 Å². The first kappa shape index (κ1) is 16.0. The predicted octanol–water partition coefficient (Wildman–Crippen LogP) is 1.66. The topological polar surface area (TPSA) is 122 Å². The van der Waals surface area contributed by atoms with Crippen molar-refractivity contribution in [2.45, 2.75) is 0 Å². The standard InChI is InChI=1S/2C7H7NO2.O.Zr/c2*8-6-3-1-5(2-4-6)7(9)10;;/h2*1-4H,8H2,(H,9,10);;/q;;;+2/p-2. The number of carbonyl (C=O) groups excluding carboxylic acids is 2. The molecule has 0 unspecified atom stereocenters. The zero-order chi connectivity index (χ0) is 16.1. The summed E-state index contributed by atoms with van der Waals surface area (Å²) in [6.07, 6.45) is 0. The normalized spacial score (nSPS) is 9.82. The Hall–Kier alpha value is -2.34. The summed E-state index contributed by atoms with van der Waals surface area (Å²) >= 11 is -4.29. The summed E-state index contributed by atoms with van der Waals surface area (Å²) in [6.45, 7) is 0. The Balaban J connectivity index is 1.95. The molecule has 0 bridgehead atoms. The Morgan fingerprint density at radius 2 is 1.05 bits per heavy atom. The Labute approximate surface area is 135 Å². The van der Waals surface area contributed by atoms with Crippen LogP contribution >= 0.6 is 0 Å². The maximum absolute atomic E-state index is 11.7. The first-order chi connectivity index (χ1) is 10.5. The van der Waals surface area contributed by atoms with Gasteiger partial charge in [-0.2, -0.15) is 0 Å². The van der Waals surface area contributed by atoms with E-state index >= 15 is 0 Å². The summed E-state index contributed by atoms with van der Waals surface area (Å²) in [5.41, 5.74) is 12.3. The third kappa shape index (κ3) is 4.33. The first-order valence-corrected chi connectivity index (χ1v) is 9.16. The summed E-state index contributed by atoms with van der Waals surface area (Å²) in [6, 6.07) is 11.7. The van der Waals surface area contributed by atoms with E-state index in [0.717, 1.165) is 0 Å². The number of nitrogens with two attached hydrogens (primary N) is 2. The second kappa shape index (κ2) is 7.09. The van der Waals surface area contributed by atoms with E-state index in [1.807, 2.05) is 0 Å². The number of nitrogen functional groups attached to an aromatic ring is 2. The Kier molecular flexibility index (Phi) is 5.17. The summed E-state index contributed by atoms with van der Waals surface area (Å²) in [5, 5.41) is 0. The number of anilines is 2. The van der Waals surface area contributed by atoms with Crippen LogP contribution < -0.4 is 11.5 Å². The van der Waals surface area contributed by atoms with Gasteiger partial charge in [0.15, 0.2) is 0 Å². The van der Waals surface area contributed by atoms with Crippen LogP contribution in [0.25, 0.3) is 0 Å². The summed E-state index contributed by atoms with van der Waals surface area (Å²) in [5.74, 6) is -1.65. The van der Waals surface area contributed by atoms with Crippen molar-refractivity contribution >= 4 is 23.3 Å². The molecule has 8 heteroatoms. The van der Waals surface area contributed by atoms with Crippen molar-refractivity contribution in [2.75, 3.05) is 11.5 Å². The molecule has 0 atom stereocenters. The Morgan fingerprint density at radius 1 is 0.727 bits per heavy atom. The van der Waals surface area contributed by atoms with Crippen LogP contribution in [-0.2, 0) is 31.1 Å². The van der Waals surface area contributed by atoms with Crippen LogP contribution in [0.15, 0.2) is 48.5 Å². The molecule has 2 rings (SSSR count). The van der Waals surface area contributed by atoms with Crippen molar-refractivity contribution in [1.82, 2.24) is 0 Å². The fraction of sp³-hybridized carbons (Fsp3) is 0. The second-order valence-electron chi connectivity index (χ2n) is 4.27. The minimum atomic E-state index is -4.29. The molecule has 0 saturated carbocycles. The van der Waals surface area contributed by atoms with E-state index in [1.54, 1.807) is 0 Å². The maximum atomic E-state index is 11.7. The fourth-order valence-electron chi connectivity index (χ4n) is 1.53. The fourth-order valence-corrected chi connectivity index (χ4v) is 2.95. The number of hydrogen-bond acceptors (Lipinski definition) is 7. The van der Waals surface area contributed by atoms with E-state index in [2.05, 4.69) is 5.63 Å². The molecule has 7 nitrogen and oxygen atoms in total. The number of hydrogen-bond donors (Lipinski definition) is 2. The van der Waals surface area contributed by atoms with Crippen molar-refractivity contribution in [3.63, 3.8) is 0 Å². The van der Waals surface area contributed by atoms with Gasteiger partial charge in [-0.25, -0.2) is 0 Å². The molecule has 2 aromatic rings. The van der Waals surface area contributed by atoms with Crippen molar-refractivity contribution < 1.29 is 40.7 Å². The molecule has 0 fully saturated rings. The molecule has 0 radical (unpaired) electrons. The molecule has 0 amide bonds. The first-order valence-electron chi connectivity index (χ1n) is 6.15. The molecular weight excluding hydrogens is 367 g/mol. The molecule has 0 spiro atoms. The molecule has 0 heterocycles. The molecule has 0 aromatic heterocycles. The molecule has 0 aliphatic rings. The third-order valence-electron chi connectivity index (χ3n) is 2.64. The van der Waals surface area contributed by atoms with Gasteiger partial charge >= 0.3 is 135 Å². The van der Waals surface area contributed by atoms with Crippen LogP contribution in [-0.4, -0.2) is 11.9 Å². The quantitative estimate of drug-likeness (QED) is 0.775. The average Bonchev–Trinajstić information content (AvgIpc) is 2.48. The van der Waals surface area contributed by atoms with E-state index in [-0.39, 0.29) is 11.1 Å². The second-order valence-corrected chi connectivity index (χ2v) is 6.51. The van der Waals surface area contributed by atoms with Crippen molar-refractivity contribution in [3.05, 3.63) is 59.7 Å². The monoisotopic (exact) mass is 378 g/mol. The Morgan fingerprint density at radius 3 is 1.36 bits per heavy atom. The van der Waals surface area contributed by atoms with Gasteiger partial charge in [0.25, 0.3) is 0 Å². The summed E-state index contributed by atoms with van der Waals surface area (Å²) in [4.78, 5) is 23.4. The number of benzene rings is 2. The Bertz CT molecular complexity index is 652. The van der Waals surface area contributed by atoms with Gasteiger partial charge in [-0.3, -0.25) is 0 Å². The van der Waals surface area contributed by atoms with Crippen LogP contribution in [0.4, 0.5) is 11.4 Å². The predicted molar refractivity (Wildman–Crippen MR) is 73.2 cm³/mol. The average molecular weight is 379 g/mol. The van der Waals surface area contributed by atoms with Gasteiger partial charge in [0.1, 0.15) is 0 Å². The van der Waals surface area contributed by atoms with Gasteiger partial charge < -0.3 is 0 Å². The van der Waals surface area contributed by atoms with E-state index < -0.39 is 34.6 Å². The summed E-state index contributed by atoms with van der Waals surface area (Å²) < 4.78 is 21.1. The van der Waals surface area contributed by atoms with Gasteiger partial charge in [-0.1, -0.05) is 0 Å². The molecule has 2 aromatic carbocycles. The van der Waals surface area contributed by atoms with Crippen LogP contribution in [0.1, 0.15) is 20.7 Å². The number of carbonyl (C=O) groups is 2. The zero-order valence-corrected chi connectivity index (χ0v) is 13.8. The molecule has 4 N–H and O–H groups in total. The number of rotatable bonds is 4. The van der Waals surface area contributed by atoms with Gasteiger partial charge in [-0.05, 0) is 0 Å². The molecular formula is C14H12N2O5Zr. The van der Waals surface area contributed by atoms with Crippen LogP contribution in [0.5, 0.6) is 0 Å². The SMILES string of the molecule is Nc1ccc(C(=O)[O][Zr](=[O])[O]C(=O)c2ccc(N)cc2)cc1. The van der Waals surface area contributed by atoms with Crippen LogP contribution in [0.3, 0.4) is 0 Å². The molecule has 112 valence electrons. The third-order valence-corrected chi connectivity index (χ3v) is 4.38. The van der Waals surface area contributed by atoms with E-state index in [4.69, 9.17) is 11.5 Å². The van der Waals surface area contributed by atoms with Crippen LogP contribution in [0, 0.1) is 0 Å². The van der Waals surface area contributed by atoms with Gasteiger partial charge in [0, 0.05) is 0 Å². The van der Waals surface area contributed by atoms with Crippen molar-refractivity contribution in [1.29, 1.82) is 0 Å². The van der Waals surface area contributed by atoms with Crippen molar-refractivity contribution in [2.24, 2.45) is 0 Å². The van der Waals surface area contributed by atoms with E-state index in [0.29, 0.717) is 11.4 Å². The molecule has 0 aliphatic heterocycles. The zero-order valence-electron chi connectivity index (χ0n) is 11.3. The molecule has 0 aliphatic carbocycles. The van der Waals surface area contributed by atoms with Gasteiger partial charge in [-0.15, -0.1) is 0 Å². The van der Waals surface area contributed by atoms with Gasteiger partial charge in [0.05, 0.1) is 0 Å². The molecule has 0 saturated heterocycles. The van der Waals surface area contributed by atoms with Gasteiger partial charge in [0.2, 0.25) is 0 Å². The van der Waals surface area contributed by atoms with Crippen molar-refractivity contribution in [3.8, 4) is 0 Å². The van der Waals surface area contributed by atoms with E-state index in [9.17, 15) is 12.4 Å². The summed E-state index contributed by atoms with van der Waals surface area (Å²) in [7, 11) is 0. The minimum absolute atomic E-state index is 0.173.